The third kappa shape index (κ3) is 3.48. The van der Waals surface area contributed by atoms with Crippen LogP contribution in [0.4, 0.5) is 0 Å². The summed E-state index contributed by atoms with van der Waals surface area (Å²) >= 11 is 1.95. The van der Waals surface area contributed by atoms with Crippen molar-refractivity contribution in [2.24, 2.45) is 5.92 Å². The van der Waals surface area contributed by atoms with Gasteiger partial charge in [-0.2, -0.15) is 11.8 Å². The zero-order chi connectivity index (χ0) is 8.10. The van der Waals surface area contributed by atoms with E-state index in [4.69, 9.17) is 5.11 Å². The topological polar surface area (TPSA) is 20.2 Å². The third-order valence-corrected chi connectivity index (χ3v) is 3.77. The van der Waals surface area contributed by atoms with Gasteiger partial charge < -0.3 is 5.11 Å². The van der Waals surface area contributed by atoms with E-state index in [0.717, 1.165) is 16.9 Å². The summed E-state index contributed by atoms with van der Waals surface area (Å²) in [5.41, 5.74) is 0. The van der Waals surface area contributed by atoms with E-state index >= 15 is 0 Å². The van der Waals surface area contributed by atoms with Gasteiger partial charge in [0.25, 0.3) is 0 Å². The average Bonchev–Trinajstić information content (AvgIpc) is 2.04. The van der Waals surface area contributed by atoms with Gasteiger partial charge in [0.2, 0.25) is 0 Å². The van der Waals surface area contributed by atoms with E-state index in [1.165, 1.54) is 25.7 Å². The summed E-state index contributed by atoms with van der Waals surface area (Å²) < 4.78 is 0. The van der Waals surface area contributed by atoms with Crippen molar-refractivity contribution in [1.82, 2.24) is 0 Å². The average molecular weight is 174 g/mol. The number of aliphatic hydroxyl groups excluding tert-OH is 1. The minimum Gasteiger partial charge on any atom is -0.396 e. The summed E-state index contributed by atoms with van der Waals surface area (Å²) in [5, 5.41) is 9.47. The molecule has 1 aliphatic carbocycles. The maximum absolute atomic E-state index is 8.63. The van der Waals surface area contributed by atoms with Crippen LogP contribution in [0, 0.1) is 5.92 Å². The third-order valence-electron chi connectivity index (χ3n) is 2.41. The number of rotatable bonds is 3. The van der Waals surface area contributed by atoms with Crippen molar-refractivity contribution in [3.63, 3.8) is 0 Å². The van der Waals surface area contributed by atoms with E-state index < -0.39 is 0 Å². The smallest absolute Gasteiger partial charge is 0.0521 e. The summed E-state index contributed by atoms with van der Waals surface area (Å²) in [4.78, 5) is 0. The molecule has 1 nitrogen and oxygen atoms in total. The van der Waals surface area contributed by atoms with Crippen molar-refractivity contribution < 1.29 is 5.11 Å². The van der Waals surface area contributed by atoms with Gasteiger partial charge in [-0.05, 0) is 31.6 Å². The molecule has 66 valence electrons. The predicted octanol–water partition coefficient (Wildman–Crippen LogP) is 2.29. The van der Waals surface area contributed by atoms with Gasteiger partial charge in [-0.1, -0.05) is 6.92 Å². The van der Waals surface area contributed by atoms with Crippen LogP contribution in [-0.2, 0) is 0 Å². The predicted molar refractivity (Wildman–Crippen MR) is 51.0 cm³/mol. The number of hydrogen-bond acceptors (Lipinski definition) is 2. The van der Waals surface area contributed by atoms with Crippen LogP contribution in [0.15, 0.2) is 0 Å². The lowest BCUT2D eigenvalue weighted by molar-refractivity contribution is 0.321. The standard InChI is InChI=1S/C9H18OS/c1-8-2-4-9(5-3-8)11-7-6-10/h8-10H,2-7H2,1H3. The Hall–Kier alpha value is 0.310. The van der Waals surface area contributed by atoms with Gasteiger partial charge in [-0.3, -0.25) is 0 Å². The van der Waals surface area contributed by atoms with Gasteiger partial charge in [0.15, 0.2) is 0 Å². The molecule has 0 aliphatic heterocycles. The molecule has 1 N–H and O–H groups in total. The first-order valence-electron chi connectivity index (χ1n) is 4.55. The Morgan fingerprint density at radius 3 is 2.45 bits per heavy atom. The lowest BCUT2D eigenvalue weighted by atomic mass is 9.91. The second-order valence-corrected chi connectivity index (χ2v) is 4.88. The Kier molecular flexibility index (Phi) is 4.31. The van der Waals surface area contributed by atoms with E-state index in [0.29, 0.717) is 6.61 Å². The highest BCUT2D eigenvalue weighted by atomic mass is 32.2. The van der Waals surface area contributed by atoms with E-state index in [1.807, 2.05) is 11.8 Å². The van der Waals surface area contributed by atoms with E-state index in [2.05, 4.69) is 6.92 Å². The molecule has 0 bridgehead atoms. The Labute approximate surface area is 73.6 Å². The Morgan fingerprint density at radius 1 is 1.27 bits per heavy atom. The molecule has 0 unspecified atom stereocenters. The van der Waals surface area contributed by atoms with Crippen molar-refractivity contribution in [2.45, 2.75) is 37.9 Å². The monoisotopic (exact) mass is 174 g/mol. The number of aliphatic hydroxyl groups is 1. The molecule has 0 aromatic heterocycles. The fraction of sp³-hybridized carbons (Fsp3) is 1.00. The van der Waals surface area contributed by atoms with Gasteiger partial charge in [-0.25, -0.2) is 0 Å². The zero-order valence-corrected chi connectivity index (χ0v) is 8.07. The molecule has 1 aliphatic rings. The molecule has 0 amide bonds. The van der Waals surface area contributed by atoms with Crippen LogP contribution in [-0.4, -0.2) is 22.7 Å². The molecule has 0 heterocycles. The SMILES string of the molecule is CC1CCC(SCCO)CC1. The van der Waals surface area contributed by atoms with E-state index in [-0.39, 0.29) is 0 Å². The number of hydrogen-bond donors (Lipinski definition) is 1. The lowest BCUT2D eigenvalue weighted by Crippen LogP contribution is -2.14. The largest absolute Gasteiger partial charge is 0.396 e. The normalized spacial score (nSPS) is 32.2. The van der Waals surface area contributed by atoms with Gasteiger partial charge >= 0.3 is 0 Å². The van der Waals surface area contributed by atoms with Crippen LogP contribution in [0.3, 0.4) is 0 Å². The van der Waals surface area contributed by atoms with Gasteiger partial charge in [0, 0.05) is 11.0 Å². The molecule has 1 rings (SSSR count). The van der Waals surface area contributed by atoms with Crippen LogP contribution in [0.5, 0.6) is 0 Å². The van der Waals surface area contributed by atoms with Gasteiger partial charge in [0.1, 0.15) is 0 Å². The fourth-order valence-electron chi connectivity index (χ4n) is 1.62. The van der Waals surface area contributed by atoms with Crippen molar-refractivity contribution in [3.05, 3.63) is 0 Å². The Bertz CT molecular complexity index is 95.0. The maximum atomic E-state index is 8.63. The first-order valence-corrected chi connectivity index (χ1v) is 5.60. The molecular formula is C9H18OS. The molecule has 0 atom stereocenters. The summed E-state index contributed by atoms with van der Waals surface area (Å²) in [5.74, 6) is 1.87. The summed E-state index contributed by atoms with van der Waals surface area (Å²) in [6.07, 6.45) is 5.52. The molecule has 0 radical (unpaired) electrons. The van der Waals surface area contributed by atoms with Gasteiger partial charge in [0.05, 0.1) is 6.61 Å². The first-order chi connectivity index (χ1) is 5.33. The van der Waals surface area contributed by atoms with Crippen LogP contribution in [0.25, 0.3) is 0 Å². The van der Waals surface area contributed by atoms with Crippen LogP contribution in [0.1, 0.15) is 32.6 Å². The molecule has 0 spiro atoms. The maximum Gasteiger partial charge on any atom is 0.0521 e. The summed E-state index contributed by atoms with van der Waals surface area (Å²) in [7, 11) is 0. The molecule has 1 saturated carbocycles. The first kappa shape index (κ1) is 9.40. The van der Waals surface area contributed by atoms with Crippen LogP contribution >= 0.6 is 11.8 Å². The highest BCUT2D eigenvalue weighted by molar-refractivity contribution is 7.99. The van der Waals surface area contributed by atoms with Crippen molar-refractivity contribution in [3.8, 4) is 0 Å². The van der Waals surface area contributed by atoms with Gasteiger partial charge in [-0.15, -0.1) is 0 Å². The molecular weight excluding hydrogens is 156 g/mol. The minimum absolute atomic E-state index is 0.344. The quantitative estimate of drug-likeness (QED) is 0.708. The minimum atomic E-state index is 0.344. The highest BCUT2D eigenvalue weighted by Crippen LogP contribution is 2.31. The van der Waals surface area contributed by atoms with Crippen molar-refractivity contribution in [1.29, 1.82) is 0 Å². The number of thioether (sulfide) groups is 1. The highest BCUT2D eigenvalue weighted by Gasteiger charge is 2.17. The second kappa shape index (κ2) is 5.04. The second-order valence-electron chi connectivity index (χ2n) is 3.48. The van der Waals surface area contributed by atoms with Crippen molar-refractivity contribution >= 4 is 11.8 Å². The van der Waals surface area contributed by atoms with E-state index in [1.54, 1.807) is 0 Å². The lowest BCUT2D eigenvalue weighted by Gasteiger charge is -2.25. The fourth-order valence-corrected chi connectivity index (χ4v) is 2.66. The van der Waals surface area contributed by atoms with Crippen LogP contribution in [0.2, 0.25) is 0 Å². The molecule has 2 heteroatoms. The summed E-state index contributed by atoms with van der Waals surface area (Å²) in [6, 6.07) is 0. The molecule has 0 saturated heterocycles. The van der Waals surface area contributed by atoms with Crippen LogP contribution < -0.4 is 0 Å². The molecule has 0 aromatic carbocycles. The van der Waals surface area contributed by atoms with E-state index in [9.17, 15) is 0 Å². The summed E-state index contributed by atoms with van der Waals surface area (Å²) in [6.45, 7) is 2.68. The molecule has 11 heavy (non-hydrogen) atoms. The molecule has 0 aromatic rings. The van der Waals surface area contributed by atoms with Crippen molar-refractivity contribution in [2.75, 3.05) is 12.4 Å². The Balaban J connectivity index is 2.07. The Morgan fingerprint density at radius 2 is 1.91 bits per heavy atom. The zero-order valence-electron chi connectivity index (χ0n) is 7.25. The molecule has 1 fully saturated rings.